The van der Waals surface area contributed by atoms with Crippen LogP contribution in [0.25, 0.3) is 0 Å². The molecule has 2 heterocycles. The average molecular weight is 449 g/mol. The topological polar surface area (TPSA) is 64.7 Å². The lowest BCUT2D eigenvalue weighted by Gasteiger charge is -2.36. The van der Waals surface area contributed by atoms with E-state index in [-0.39, 0.29) is 6.04 Å². The van der Waals surface area contributed by atoms with Crippen molar-refractivity contribution < 1.29 is 9.59 Å². The van der Waals surface area contributed by atoms with Crippen molar-refractivity contribution in [3.8, 4) is 0 Å². The molecule has 33 heavy (non-hydrogen) atoms. The Morgan fingerprint density at radius 1 is 0.970 bits per heavy atom. The summed E-state index contributed by atoms with van der Waals surface area (Å²) in [7, 11) is 2.15. The Morgan fingerprint density at radius 2 is 1.76 bits per heavy atom. The van der Waals surface area contributed by atoms with Crippen LogP contribution in [0.15, 0.2) is 36.4 Å². The Hall–Kier alpha value is -2.86. The second-order valence-corrected chi connectivity index (χ2v) is 9.44. The number of carbonyl (C=O) groups excluding carboxylic acids is 2. The minimum atomic E-state index is -0.617. The lowest BCUT2D eigenvalue weighted by molar-refractivity contribution is -0.136. The Kier molecular flexibility index (Phi) is 7.33. The van der Waals surface area contributed by atoms with Gasteiger partial charge >= 0.3 is 11.8 Å². The van der Waals surface area contributed by atoms with Crippen LogP contribution in [-0.2, 0) is 16.0 Å². The number of piperidine rings is 1. The van der Waals surface area contributed by atoms with Crippen LogP contribution in [0, 0.1) is 13.8 Å². The summed E-state index contributed by atoms with van der Waals surface area (Å²) in [5.41, 5.74) is 6.64. The third-order valence-corrected chi connectivity index (χ3v) is 7.19. The summed E-state index contributed by atoms with van der Waals surface area (Å²) in [6, 6.07) is 12.5. The molecule has 1 unspecified atom stereocenters. The zero-order valence-corrected chi connectivity index (χ0v) is 20.1. The Balaban J connectivity index is 1.47. The Bertz CT molecular complexity index is 1010. The van der Waals surface area contributed by atoms with Gasteiger partial charge in [0.2, 0.25) is 0 Å². The molecule has 2 amide bonds. The molecular weight excluding hydrogens is 412 g/mol. The van der Waals surface area contributed by atoms with E-state index in [1.165, 1.54) is 36.1 Å². The molecule has 0 saturated carbocycles. The number of fused-ring (bicyclic) bond motifs is 1. The van der Waals surface area contributed by atoms with E-state index < -0.39 is 11.8 Å². The highest BCUT2D eigenvalue weighted by Gasteiger charge is 2.26. The van der Waals surface area contributed by atoms with Gasteiger partial charge in [-0.15, -0.1) is 0 Å². The van der Waals surface area contributed by atoms with Crippen LogP contribution in [-0.4, -0.2) is 49.9 Å². The van der Waals surface area contributed by atoms with Crippen molar-refractivity contribution in [2.24, 2.45) is 0 Å². The molecular formula is C27H36N4O2. The Morgan fingerprint density at radius 3 is 2.55 bits per heavy atom. The number of nitrogens with zero attached hydrogens (tertiary/aromatic N) is 2. The second-order valence-electron chi connectivity index (χ2n) is 9.44. The third kappa shape index (κ3) is 5.38. The van der Waals surface area contributed by atoms with Crippen LogP contribution < -0.4 is 15.5 Å². The smallest absolute Gasteiger partial charge is 0.313 e. The van der Waals surface area contributed by atoms with E-state index in [1.807, 2.05) is 32.0 Å². The quantitative estimate of drug-likeness (QED) is 0.680. The largest absolute Gasteiger partial charge is 0.374 e. The van der Waals surface area contributed by atoms with Gasteiger partial charge in [0.1, 0.15) is 0 Å². The van der Waals surface area contributed by atoms with Gasteiger partial charge in [0.15, 0.2) is 0 Å². The van der Waals surface area contributed by atoms with E-state index in [0.29, 0.717) is 12.2 Å². The summed E-state index contributed by atoms with van der Waals surface area (Å²) in [6.45, 7) is 7.49. The SMILES string of the molecule is Cc1cccc(NC(=O)C(=O)NCC(c2ccc3c(c2)CCCN3C)N2CCCCC2)c1C. The van der Waals surface area contributed by atoms with Gasteiger partial charge in [-0.05, 0) is 87.0 Å². The van der Waals surface area contributed by atoms with Gasteiger partial charge in [0.25, 0.3) is 0 Å². The first-order valence-corrected chi connectivity index (χ1v) is 12.2. The molecule has 6 nitrogen and oxygen atoms in total. The molecule has 2 aliphatic heterocycles. The van der Waals surface area contributed by atoms with Crippen LogP contribution >= 0.6 is 0 Å². The molecule has 1 atom stereocenters. The van der Waals surface area contributed by atoms with Gasteiger partial charge in [-0.3, -0.25) is 14.5 Å². The van der Waals surface area contributed by atoms with Gasteiger partial charge in [-0.1, -0.05) is 30.7 Å². The molecule has 2 aromatic carbocycles. The second kappa shape index (κ2) is 10.4. The summed E-state index contributed by atoms with van der Waals surface area (Å²) < 4.78 is 0. The number of aryl methyl sites for hydroxylation is 2. The standard InChI is InChI=1S/C27H36N4O2/c1-19-9-7-11-23(20(19)2)29-27(33)26(32)28-18-25(31-15-5-4-6-16-31)22-12-13-24-21(17-22)10-8-14-30(24)3/h7,9,11-13,17,25H,4-6,8,10,14-16,18H2,1-3H3,(H,28,32)(H,29,33). The molecule has 1 fully saturated rings. The third-order valence-electron chi connectivity index (χ3n) is 7.19. The monoisotopic (exact) mass is 448 g/mol. The molecule has 2 aromatic rings. The molecule has 2 N–H and O–H groups in total. The molecule has 0 spiro atoms. The molecule has 1 saturated heterocycles. The van der Waals surface area contributed by atoms with Crippen molar-refractivity contribution in [3.63, 3.8) is 0 Å². The van der Waals surface area contributed by atoms with E-state index in [4.69, 9.17) is 0 Å². The van der Waals surface area contributed by atoms with Crippen LogP contribution in [0.1, 0.15) is 54.0 Å². The van der Waals surface area contributed by atoms with E-state index >= 15 is 0 Å². The summed E-state index contributed by atoms with van der Waals surface area (Å²) in [5.74, 6) is -1.20. The van der Waals surface area contributed by atoms with Crippen LogP contribution in [0.3, 0.4) is 0 Å². The zero-order valence-electron chi connectivity index (χ0n) is 20.1. The van der Waals surface area contributed by atoms with Crippen LogP contribution in [0.5, 0.6) is 0 Å². The van der Waals surface area contributed by atoms with E-state index in [0.717, 1.165) is 43.6 Å². The Labute approximate surface area is 197 Å². The molecule has 0 radical (unpaired) electrons. The number of nitrogens with one attached hydrogen (secondary N) is 2. The first kappa shape index (κ1) is 23.3. The van der Waals surface area contributed by atoms with Crippen molar-refractivity contribution in [1.82, 2.24) is 10.2 Å². The number of amides is 2. The van der Waals surface area contributed by atoms with Gasteiger partial charge in [-0.2, -0.15) is 0 Å². The van der Waals surface area contributed by atoms with E-state index in [1.54, 1.807) is 0 Å². The highest BCUT2D eigenvalue weighted by atomic mass is 16.2. The van der Waals surface area contributed by atoms with E-state index in [2.05, 4.69) is 45.7 Å². The van der Waals surface area contributed by atoms with Crippen molar-refractivity contribution in [2.45, 2.75) is 52.0 Å². The van der Waals surface area contributed by atoms with E-state index in [9.17, 15) is 9.59 Å². The van der Waals surface area contributed by atoms with Gasteiger partial charge in [-0.25, -0.2) is 0 Å². The predicted octanol–water partition coefficient (Wildman–Crippen LogP) is 3.97. The van der Waals surface area contributed by atoms with Crippen molar-refractivity contribution in [2.75, 3.05) is 43.4 Å². The van der Waals surface area contributed by atoms with Crippen molar-refractivity contribution >= 4 is 23.2 Å². The highest BCUT2D eigenvalue weighted by molar-refractivity contribution is 6.39. The van der Waals surface area contributed by atoms with Gasteiger partial charge < -0.3 is 15.5 Å². The number of hydrogen-bond donors (Lipinski definition) is 2. The van der Waals surface area contributed by atoms with Gasteiger partial charge in [0.05, 0.1) is 6.04 Å². The minimum Gasteiger partial charge on any atom is -0.374 e. The predicted molar refractivity (Wildman–Crippen MR) is 134 cm³/mol. The molecule has 6 heteroatoms. The fraction of sp³-hybridized carbons (Fsp3) is 0.481. The average Bonchev–Trinajstić information content (AvgIpc) is 2.83. The maximum absolute atomic E-state index is 12.7. The summed E-state index contributed by atoms with van der Waals surface area (Å²) in [6.07, 6.45) is 5.85. The lowest BCUT2D eigenvalue weighted by atomic mass is 9.95. The fourth-order valence-corrected chi connectivity index (χ4v) is 5.04. The number of carbonyl (C=O) groups is 2. The molecule has 0 bridgehead atoms. The zero-order chi connectivity index (χ0) is 23.4. The normalized spacial score (nSPS) is 17.2. The first-order valence-electron chi connectivity index (χ1n) is 12.2. The van der Waals surface area contributed by atoms with Gasteiger partial charge in [0, 0.05) is 31.5 Å². The lowest BCUT2D eigenvalue weighted by Crippen LogP contribution is -2.43. The molecule has 176 valence electrons. The maximum Gasteiger partial charge on any atom is 0.313 e. The number of hydrogen-bond acceptors (Lipinski definition) is 4. The number of benzene rings is 2. The van der Waals surface area contributed by atoms with Crippen LogP contribution in [0.2, 0.25) is 0 Å². The fourth-order valence-electron chi connectivity index (χ4n) is 5.04. The summed E-state index contributed by atoms with van der Waals surface area (Å²) in [4.78, 5) is 30.1. The van der Waals surface area contributed by atoms with Crippen molar-refractivity contribution in [1.29, 1.82) is 0 Å². The summed E-state index contributed by atoms with van der Waals surface area (Å²) >= 11 is 0. The number of rotatable bonds is 5. The maximum atomic E-state index is 12.7. The number of anilines is 2. The minimum absolute atomic E-state index is 0.0697. The number of likely N-dealkylation sites (tertiary alicyclic amines) is 1. The van der Waals surface area contributed by atoms with Crippen molar-refractivity contribution in [3.05, 3.63) is 58.7 Å². The first-order chi connectivity index (χ1) is 15.9. The highest BCUT2D eigenvalue weighted by Crippen LogP contribution is 2.31. The van der Waals surface area contributed by atoms with Crippen LogP contribution in [0.4, 0.5) is 11.4 Å². The molecule has 2 aliphatic rings. The molecule has 0 aromatic heterocycles. The molecule has 0 aliphatic carbocycles. The molecule has 4 rings (SSSR count). The summed E-state index contributed by atoms with van der Waals surface area (Å²) in [5, 5.41) is 5.69.